The van der Waals surface area contributed by atoms with E-state index in [0.29, 0.717) is 12.2 Å². The van der Waals surface area contributed by atoms with Crippen LogP contribution in [0.15, 0.2) is 63.9 Å². The van der Waals surface area contributed by atoms with Crippen molar-refractivity contribution in [3.63, 3.8) is 0 Å². The fourth-order valence-electron chi connectivity index (χ4n) is 4.32. The number of nitrogens with zero attached hydrogens (tertiary/aromatic N) is 2. The number of fused-ring (bicyclic) bond motifs is 4. The highest BCUT2D eigenvalue weighted by atomic mass is 79.9. The van der Waals surface area contributed by atoms with E-state index in [1.54, 1.807) is 0 Å². The zero-order valence-electron chi connectivity index (χ0n) is 15.2. The molecule has 138 valence electrons. The number of hydrazone groups is 1. The molecule has 1 spiro atoms. The quantitative estimate of drug-likeness (QED) is 0.645. The van der Waals surface area contributed by atoms with Gasteiger partial charge >= 0.3 is 0 Å². The van der Waals surface area contributed by atoms with Crippen LogP contribution in [0.3, 0.4) is 0 Å². The third kappa shape index (κ3) is 2.76. The molecule has 0 bridgehead atoms. The van der Waals surface area contributed by atoms with Gasteiger partial charge in [-0.25, -0.2) is 5.01 Å². The van der Waals surface area contributed by atoms with Crippen molar-refractivity contribution in [3.05, 3.63) is 75.5 Å². The summed E-state index contributed by atoms with van der Waals surface area (Å²) in [5, 5.41) is 17.3. The number of halogens is 1. The van der Waals surface area contributed by atoms with Gasteiger partial charge in [-0.05, 0) is 37.1 Å². The molecule has 2 aromatic carbocycles. The lowest BCUT2D eigenvalue weighted by Crippen LogP contribution is -2.53. The number of allylic oxidation sites excluding steroid dienone is 1. The predicted molar refractivity (Wildman–Crippen MR) is 109 cm³/mol. The molecule has 27 heavy (non-hydrogen) atoms. The van der Waals surface area contributed by atoms with E-state index in [4.69, 9.17) is 9.84 Å². The summed E-state index contributed by atoms with van der Waals surface area (Å²) >= 11 is 3.59. The van der Waals surface area contributed by atoms with Gasteiger partial charge in [-0.15, -0.1) is 0 Å². The second-order valence-corrected chi connectivity index (χ2v) is 8.51. The van der Waals surface area contributed by atoms with Gasteiger partial charge in [-0.2, -0.15) is 5.10 Å². The Morgan fingerprint density at radius 1 is 1.22 bits per heavy atom. The van der Waals surface area contributed by atoms with Gasteiger partial charge in [0.1, 0.15) is 5.75 Å². The number of benzene rings is 2. The van der Waals surface area contributed by atoms with E-state index < -0.39 is 5.72 Å². The number of hydrogen-bond acceptors (Lipinski definition) is 4. The average Bonchev–Trinajstić information content (AvgIpc) is 3.10. The molecule has 0 saturated carbocycles. The molecule has 5 rings (SSSR count). The first-order valence-corrected chi connectivity index (χ1v) is 10.2. The molecular formula is C22H21BrN2O2. The third-order valence-electron chi connectivity index (χ3n) is 5.66. The summed E-state index contributed by atoms with van der Waals surface area (Å²) in [5.41, 5.74) is 3.88. The molecule has 0 aromatic heterocycles. The summed E-state index contributed by atoms with van der Waals surface area (Å²) in [6, 6.07) is 14.8. The van der Waals surface area contributed by atoms with Crippen LogP contribution in [-0.2, 0) is 0 Å². The standard InChI is InChI=1S/C22H21BrN2O2/c1-14-4-6-15(7-5-14)19-12-20-18-11-16(23)8-9-21(18)27-22(25(20)24-19)10-2-3-17(26)13-22/h4-9,11,13,20,26H,2-3,10,12H2,1H3/t20-,22-/m1/s1. The lowest BCUT2D eigenvalue weighted by atomic mass is 9.90. The van der Waals surface area contributed by atoms with Crippen molar-refractivity contribution in [2.45, 2.75) is 44.4 Å². The Balaban J connectivity index is 1.64. The molecule has 2 heterocycles. The number of hydrogen-bond donors (Lipinski definition) is 1. The monoisotopic (exact) mass is 424 g/mol. The summed E-state index contributed by atoms with van der Waals surface area (Å²) in [4.78, 5) is 0. The maximum atomic E-state index is 10.3. The highest BCUT2D eigenvalue weighted by molar-refractivity contribution is 9.10. The summed E-state index contributed by atoms with van der Waals surface area (Å²) in [5.74, 6) is 1.27. The van der Waals surface area contributed by atoms with E-state index in [-0.39, 0.29) is 6.04 Å². The Labute approximate surface area is 167 Å². The van der Waals surface area contributed by atoms with E-state index in [1.165, 1.54) is 5.56 Å². The number of ether oxygens (including phenoxy) is 1. The van der Waals surface area contributed by atoms with Crippen molar-refractivity contribution in [1.29, 1.82) is 0 Å². The van der Waals surface area contributed by atoms with Crippen LogP contribution in [0.5, 0.6) is 5.75 Å². The fraction of sp³-hybridized carbons (Fsp3) is 0.318. The SMILES string of the molecule is Cc1ccc(C2=NN3[C@H](C2)c2cc(Br)ccc2O[C@]32C=C(O)CCC2)cc1. The van der Waals surface area contributed by atoms with Crippen LogP contribution < -0.4 is 4.74 Å². The predicted octanol–water partition coefficient (Wildman–Crippen LogP) is 5.62. The van der Waals surface area contributed by atoms with E-state index >= 15 is 0 Å². The normalized spacial score (nSPS) is 26.1. The first kappa shape index (κ1) is 16.9. The molecule has 1 N–H and O–H groups in total. The van der Waals surface area contributed by atoms with Gasteiger partial charge in [0.05, 0.1) is 17.5 Å². The zero-order valence-corrected chi connectivity index (χ0v) is 16.7. The second-order valence-electron chi connectivity index (χ2n) is 7.60. The minimum atomic E-state index is -0.708. The summed E-state index contributed by atoms with van der Waals surface area (Å²) in [6.07, 6.45) is 5.08. The van der Waals surface area contributed by atoms with Gasteiger partial charge in [0.2, 0.25) is 5.72 Å². The van der Waals surface area contributed by atoms with Gasteiger partial charge in [0, 0.05) is 35.4 Å². The molecule has 0 amide bonds. The molecule has 0 saturated heterocycles. The van der Waals surface area contributed by atoms with E-state index in [0.717, 1.165) is 46.3 Å². The summed E-state index contributed by atoms with van der Waals surface area (Å²) in [7, 11) is 0. The lowest BCUT2D eigenvalue weighted by molar-refractivity contribution is -0.0944. The number of aliphatic hydroxyl groups is 1. The minimum Gasteiger partial charge on any atom is -0.512 e. The fourth-order valence-corrected chi connectivity index (χ4v) is 4.70. The zero-order chi connectivity index (χ0) is 18.6. The van der Waals surface area contributed by atoms with Gasteiger partial charge in [0.15, 0.2) is 0 Å². The van der Waals surface area contributed by atoms with Gasteiger partial charge in [-0.1, -0.05) is 45.8 Å². The van der Waals surface area contributed by atoms with Gasteiger partial charge < -0.3 is 9.84 Å². The summed E-state index contributed by atoms with van der Waals surface area (Å²) in [6.45, 7) is 2.09. The number of rotatable bonds is 1. The van der Waals surface area contributed by atoms with Crippen LogP contribution in [0.2, 0.25) is 0 Å². The van der Waals surface area contributed by atoms with Crippen LogP contribution in [0.1, 0.15) is 48.4 Å². The van der Waals surface area contributed by atoms with E-state index in [1.807, 2.05) is 18.2 Å². The topological polar surface area (TPSA) is 45.1 Å². The van der Waals surface area contributed by atoms with Crippen molar-refractivity contribution in [2.24, 2.45) is 5.10 Å². The van der Waals surface area contributed by atoms with E-state index in [9.17, 15) is 5.11 Å². The molecule has 2 aliphatic heterocycles. The molecule has 0 unspecified atom stereocenters. The Morgan fingerprint density at radius 2 is 2.04 bits per heavy atom. The molecule has 2 atom stereocenters. The lowest BCUT2D eigenvalue weighted by Gasteiger charge is -2.47. The Bertz CT molecular complexity index is 967. The smallest absolute Gasteiger partial charge is 0.220 e. The van der Waals surface area contributed by atoms with Crippen molar-refractivity contribution in [2.75, 3.05) is 0 Å². The Morgan fingerprint density at radius 3 is 2.81 bits per heavy atom. The molecular weight excluding hydrogens is 404 g/mol. The molecule has 4 nitrogen and oxygen atoms in total. The van der Waals surface area contributed by atoms with Crippen LogP contribution in [0.4, 0.5) is 0 Å². The minimum absolute atomic E-state index is 0.102. The van der Waals surface area contributed by atoms with Crippen LogP contribution >= 0.6 is 15.9 Å². The second kappa shape index (κ2) is 6.13. The first-order chi connectivity index (χ1) is 13.0. The largest absolute Gasteiger partial charge is 0.512 e. The maximum Gasteiger partial charge on any atom is 0.220 e. The summed E-state index contributed by atoms with van der Waals surface area (Å²) < 4.78 is 7.50. The Kier molecular flexibility index (Phi) is 3.83. The third-order valence-corrected chi connectivity index (χ3v) is 6.15. The average molecular weight is 425 g/mol. The highest BCUT2D eigenvalue weighted by Gasteiger charge is 2.50. The van der Waals surface area contributed by atoms with Gasteiger partial charge in [-0.3, -0.25) is 0 Å². The molecule has 0 radical (unpaired) electrons. The molecule has 0 fully saturated rings. The number of aliphatic hydroxyl groups excluding tert-OH is 1. The van der Waals surface area contributed by atoms with E-state index in [2.05, 4.69) is 58.2 Å². The van der Waals surface area contributed by atoms with Crippen molar-refractivity contribution >= 4 is 21.6 Å². The van der Waals surface area contributed by atoms with Crippen molar-refractivity contribution in [1.82, 2.24) is 5.01 Å². The molecule has 1 aliphatic carbocycles. The maximum absolute atomic E-state index is 10.3. The first-order valence-electron chi connectivity index (χ1n) is 9.37. The van der Waals surface area contributed by atoms with Crippen LogP contribution in [0, 0.1) is 6.92 Å². The molecule has 2 aromatic rings. The number of aryl methyl sites for hydroxylation is 1. The molecule has 3 aliphatic rings. The van der Waals surface area contributed by atoms with Crippen molar-refractivity contribution in [3.8, 4) is 5.75 Å². The Hall–Kier alpha value is -2.27. The molecule has 5 heteroatoms. The van der Waals surface area contributed by atoms with Crippen LogP contribution in [-0.4, -0.2) is 21.6 Å². The highest BCUT2D eigenvalue weighted by Crippen LogP contribution is 2.50. The van der Waals surface area contributed by atoms with Gasteiger partial charge in [0.25, 0.3) is 0 Å². The van der Waals surface area contributed by atoms with Crippen LogP contribution in [0.25, 0.3) is 0 Å². The van der Waals surface area contributed by atoms with Crippen molar-refractivity contribution < 1.29 is 9.84 Å².